The summed E-state index contributed by atoms with van der Waals surface area (Å²) in [5.41, 5.74) is 1.16. The minimum absolute atomic E-state index is 0.0301. The second kappa shape index (κ2) is 8.85. The van der Waals surface area contributed by atoms with Gasteiger partial charge in [-0.15, -0.1) is 0 Å². The zero-order valence-electron chi connectivity index (χ0n) is 14.2. The lowest BCUT2D eigenvalue weighted by Gasteiger charge is -2.09. The summed E-state index contributed by atoms with van der Waals surface area (Å²) in [4.78, 5) is 10.7. The summed E-state index contributed by atoms with van der Waals surface area (Å²) < 4.78 is 10.4. The Morgan fingerprint density at radius 3 is 2.88 bits per heavy atom. The lowest BCUT2D eigenvalue weighted by atomic mass is 10.1. The fraction of sp³-hybridized carbons (Fsp3) is 0.526. The van der Waals surface area contributed by atoms with Gasteiger partial charge in [-0.1, -0.05) is 24.3 Å². The lowest BCUT2D eigenvalue weighted by Crippen LogP contribution is -2.14. The van der Waals surface area contributed by atoms with Crippen molar-refractivity contribution in [3.63, 3.8) is 0 Å². The van der Waals surface area contributed by atoms with Crippen LogP contribution in [0, 0.1) is 12.8 Å². The number of allylic oxidation sites excluding steroid dienone is 1. The van der Waals surface area contributed by atoms with Gasteiger partial charge in [0.05, 0.1) is 12.5 Å². The number of hydrogen-bond donors (Lipinski definition) is 2. The maximum Gasteiger partial charge on any atom is 0.306 e. The van der Waals surface area contributed by atoms with E-state index < -0.39 is 6.10 Å². The molecule has 5 heteroatoms. The number of hydrogen-bond acceptors (Lipinski definition) is 5. The van der Waals surface area contributed by atoms with Crippen molar-refractivity contribution in [2.75, 3.05) is 6.61 Å². The second-order valence-electron chi connectivity index (χ2n) is 6.34. The quantitative estimate of drug-likeness (QED) is 0.653. The van der Waals surface area contributed by atoms with Crippen LogP contribution >= 0.6 is 0 Å². The number of benzene rings is 1. The SMILES string of the molecule is C/C=C/C(O)COc1cccc(C)c1.O=C1CC2CC(O)CC2O1. The first-order chi connectivity index (χ1) is 11.5. The molecule has 2 fully saturated rings. The Kier molecular flexibility index (Phi) is 6.82. The first kappa shape index (κ1) is 18.5. The van der Waals surface area contributed by atoms with E-state index in [9.17, 15) is 9.90 Å². The number of aliphatic hydroxyl groups is 2. The van der Waals surface area contributed by atoms with E-state index in [1.54, 1.807) is 6.08 Å². The molecule has 1 aliphatic carbocycles. The van der Waals surface area contributed by atoms with E-state index in [-0.39, 0.29) is 18.2 Å². The van der Waals surface area contributed by atoms with Crippen molar-refractivity contribution >= 4 is 5.97 Å². The third-order valence-electron chi connectivity index (χ3n) is 4.14. The Hall–Kier alpha value is -1.85. The summed E-state index contributed by atoms with van der Waals surface area (Å²) in [5, 5.41) is 18.5. The molecule has 3 rings (SSSR count). The van der Waals surface area contributed by atoms with Crippen molar-refractivity contribution in [3.8, 4) is 5.75 Å². The van der Waals surface area contributed by atoms with Crippen molar-refractivity contribution in [1.82, 2.24) is 0 Å². The van der Waals surface area contributed by atoms with E-state index in [2.05, 4.69) is 0 Å². The molecule has 1 heterocycles. The number of fused-ring (bicyclic) bond motifs is 1. The summed E-state index contributed by atoms with van der Waals surface area (Å²) in [7, 11) is 0. The van der Waals surface area contributed by atoms with Crippen molar-refractivity contribution in [3.05, 3.63) is 42.0 Å². The maximum absolute atomic E-state index is 10.7. The third-order valence-corrected chi connectivity index (χ3v) is 4.14. The Morgan fingerprint density at radius 2 is 2.21 bits per heavy atom. The zero-order chi connectivity index (χ0) is 17.5. The van der Waals surface area contributed by atoms with Crippen LogP contribution in [0.5, 0.6) is 5.75 Å². The van der Waals surface area contributed by atoms with Gasteiger partial charge in [0.2, 0.25) is 0 Å². The van der Waals surface area contributed by atoms with Crippen LogP contribution in [0.4, 0.5) is 0 Å². The van der Waals surface area contributed by atoms with Crippen molar-refractivity contribution < 1.29 is 24.5 Å². The Balaban J connectivity index is 0.000000182. The number of rotatable bonds is 4. The number of carbonyl (C=O) groups excluding carboxylic acids is 1. The largest absolute Gasteiger partial charge is 0.491 e. The number of carbonyl (C=O) groups is 1. The highest BCUT2D eigenvalue weighted by Crippen LogP contribution is 2.36. The van der Waals surface area contributed by atoms with Gasteiger partial charge in [-0.05, 0) is 38.0 Å². The Morgan fingerprint density at radius 1 is 1.42 bits per heavy atom. The molecule has 132 valence electrons. The van der Waals surface area contributed by atoms with E-state index in [1.807, 2.05) is 44.2 Å². The molecule has 2 N–H and O–H groups in total. The van der Waals surface area contributed by atoms with Gasteiger partial charge in [0, 0.05) is 12.3 Å². The first-order valence-electron chi connectivity index (χ1n) is 8.35. The highest BCUT2D eigenvalue weighted by molar-refractivity contribution is 5.72. The molecular weight excluding hydrogens is 308 g/mol. The van der Waals surface area contributed by atoms with Crippen LogP contribution in [-0.4, -0.2) is 41.1 Å². The predicted octanol–water partition coefficient (Wildman–Crippen LogP) is 2.38. The van der Waals surface area contributed by atoms with Gasteiger partial charge in [-0.3, -0.25) is 4.79 Å². The average molecular weight is 334 g/mol. The standard InChI is InChI=1S/C12H16O2.C7H10O3/c1-3-5-11(13)9-14-12-7-4-6-10(2)8-12;8-5-1-4-2-7(9)10-6(4)3-5/h3-8,11,13H,9H2,1-2H3;4-6,8H,1-3H2/b5-3+;. The average Bonchev–Trinajstić information content (AvgIpc) is 3.01. The molecule has 1 aliphatic heterocycles. The Bertz CT molecular complexity index is 553. The van der Waals surface area contributed by atoms with Crippen molar-refractivity contribution in [2.45, 2.75) is 51.4 Å². The number of ether oxygens (including phenoxy) is 2. The fourth-order valence-electron chi connectivity index (χ4n) is 3.01. The molecule has 0 amide bonds. The van der Waals surface area contributed by atoms with E-state index in [1.165, 1.54) is 0 Å². The molecule has 0 bridgehead atoms. The van der Waals surface area contributed by atoms with Crippen LogP contribution in [0.25, 0.3) is 0 Å². The van der Waals surface area contributed by atoms with Crippen LogP contribution in [0.15, 0.2) is 36.4 Å². The molecule has 1 aromatic carbocycles. The van der Waals surface area contributed by atoms with Gasteiger partial charge in [-0.25, -0.2) is 0 Å². The fourth-order valence-corrected chi connectivity index (χ4v) is 3.01. The smallest absolute Gasteiger partial charge is 0.306 e. The van der Waals surface area contributed by atoms with E-state index in [4.69, 9.17) is 14.6 Å². The van der Waals surface area contributed by atoms with Gasteiger partial charge >= 0.3 is 5.97 Å². The predicted molar refractivity (Wildman–Crippen MR) is 90.7 cm³/mol. The molecule has 0 aromatic heterocycles. The summed E-state index contributed by atoms with van der Waals surface area (Å²) in [6.45, 7) is 4.18. The van der Waals surface area contributed by atoms with Crippen LogP contribution < -0.4 is 4.74 Å². The van der Waals surface area contributed by atoms with Crippen LogP contribution in [-0.2, 0) is 9.53 Å². The molecule has 0 radical (unpaired) electrons. The molecular formula is C19H26O5. The molecule has 4 atom stereocenters. The van der Waals surface area contributed by atoms with Crippen molar-refractivity contribution in [2.24, 2.45) is 5.92 Å². The number of esters is 1. The summed E-state index contributed by atoms with van der Waals surface area (Å²) in [6, 6.07) is 7.78. The highest BCUT2D eigenvalue weighted by atomic mass is 16.6. The molecule has 0 spiro atoms. The second-order valence-corrected chi connectivity index (χ2v) is 6.34. The zero-order valence-corrected chi connectivity index (χ0v) is 14.2. The molecule has 2 aliphatic rings. The van der Waals surface area contributed by atoms with Gasteiger partial charge < -0.3 is 19.7 Å². The van der Waals surface area contributed by atoms with Gasteiger partial charge in [0.25, 0.3) is 0 Å². The minimum atomic E-state index is -0.527. The van der Waals surface area contributed by atoms with E-state index in [0.717, 1.165) is 17.7 Å². The molecule has 1 saturated heterocycles. The highest BCUT2D eigenvalue weighted by Gasteiger charge is 2.42. The molecule has 5 nitrogen and oxygen atoms in total. The van der Waals surface area contributed by atoms with Gasteiger partial charge in [-0.2, -0.15) is 0 Å². The van der Waals surface area contributed by atoms with E-state index in [0.29, 0.717) is 25.4 Å². The normalized spacial score (nSPS) is 26.5. The van der Waals surface area contributed by atoms with Crippen LogP contribution in [0.2, 0.25) is 0 Å². The van der Waals surface area contributed by atoms with Crippen LogP contribution in [0.3, 0.4) is 0 Å². The minimum Gasteiger partial charge on any atom is -0.491 e. The molecule has 24 heavy (non-hydrogen) atoms. The molecule has 1 saturated carbocycles. The molecule has 1 aromatic rings. The lowest BCUT2D eigenvalue weighted by molar-refractivity contribution is -0.141. The summed E-state index contributed by atoms with van der Waals surface area (Å²) in [6.07, 6.45) is 4.69. The van der Waals surface area contributed by atoms with Gasteiger partial charge in [0.1, 0.15) is 24.6 Å². The van der Waals surface area contributed by atoms with Gasteiger partial charge in [0.15, 0.2) is 0 Å². The Labute approximate surface area is 142 Å². The monoisotopic (exact) mass is 334 g/mol. The summed E-state index contributed by atoms with van der Waals surface area (Å²) in [5.74, 6) is 1.01. The molecule has 4 unspecified atom stereocenters. The first-order valence-corrected chi connectivity index (χ1v) is 8.35. The van der Waals surface area contributed by atoms with Crippen molar-refractivity contribution in [1.29, 1.82) is 0 Å². The number of aliphatic hydroxyl groups excluding tert-OH is 2. The summed E-state index contributed by atoms with van der Waals surface area (Å²) >= 11 is 0. The number of aryl methyl sites for hydroxylation is 1. The topological polar surface area (TPSA) is 76.0 Å². The van der Waals surface area contributed by atoms with Crippen LogP contribution in [0.1, 0.15) is 31.7 Å². The maximum atomic E-state index is 10.7. The van der Waals surface area contributed by atoms with E-state index >= 15 is 0 Å². The third kappa shape index (κ3) is 5.65.